The minimum absolute atomic E-state index is 0.0297. The molecule has 1 amide bonds. The third kappa shape index (κ3) is 3.23. The van der Waals surface area contributed by atoms with Crippen LogP contribution in [0.5, 0.6) is 5.75 Å². The van der Waals surface area contributed by atoms with Crippen LogP contribution in [0.4, 0.5) is 5.69 Å². The normalized spacial score (nSPS) is 10.3. The van der Waals surface area contributed by atoms with E-state index < -0.39 is 0 Å². The Morgan fingerprint density at radius 1 is 1.39 bits per heavy atom. The van der Waals surface area contributed by atoms with Gasteiger partial charge in [-0.15, -0.1) is 0 Å². The van der Waals surface area contributed by atoms with Gasteiger partial charge in [-0.05, 0) is 37.6 Å². The van der Waals surface area contributed by atoms with Crippen LogP contribution in [0, 0.1) is 13.8 Å². The Morgan fingerprint density at radius 2 is 2.06 bits per heavy atom. The highest BCUT2D eigenvalue weighted by molar-refractivity contribution is 5.96. The lowest BCUT2D eigenvalue weighted by atomic mass is 10.1. The highest BCUT2D eigenvalue weighted by Crippen LogP contribution is 2.32. The van der Waals surface area contributed by atoms with Crippen LogP contribution in [0.25, 0.3) is 0 Å². The van der Waals surface area contributed by atoms with Crippen molar-refractivity contribution in [1.29, 1.82) is 0 Å². The molecule has 0 aliphatic rings. The first-order valence-electron chi connectivity index (χ1n) is 6.13. The maximum Gasteiger partial charge on any atom is 0.240 e. The molecule has 4 heteroatoms. The quantitative estimate of drug-likeness (QED) is 0.867. The molecule has 1 N–H and O–H groups in total. The molecule has 18 heavy (non-hydrogen) atoms. The molecule has 0 aromatic heterocycles. The van der Waals surface area contributed by atoms with Crippen molar-refractivity contribution in [3.8, 4) is 5.75 Å². The van der Waals surface area contributed by atoms with Gasteiger partial charge in [-0.2, -0.15) is 0 Å². The van der Waals surface area contributed by atoms with E-state index in [-0.39, 0.29) is 5.91 Å². The number of rotatable bonds is 5. The van der Waals surface area contributed by atoms with Gasteiger partial charge in [0.25, 0.3) is 0 Å². The molecular weight excluding hydrogens is 228 g/mol. The highest BCUT2D eigenvalue weighted by atomic mass is 16.5. The van der Waals surface area contributed by atoms with E-state index in [1.165, 1.54) is 0 Å². The molecule has 0 saturated heterocycles. The van der Waals surface area contributed by atoms with Crippen LogP contribution in [-0.2, 0) is 4.79 Å². The van der Waals surface area contributed by atoms with Crippen molar-refractivity contribution >= 4 is 11.6 Å². The van der Waals surface area contributed by atoms with Gasteiger partial charge in [0.1, 0.15) is 5.75 Å². The fourth-order valence-corrected chi connectivity index (χ4v) is 1.98. The molecule has 0 atom stereocenters. The van der Waals surface area contributed by atoms with Gasteiger partial charge in [-0.3, -0.25) is 4.79 Å². The van der Waals surface area contributed by atoms with Crippen LogP contribution in [-0.4, -0.2) is 33.2 Å². The molecule has 0 heterocycles. The third-order valence-electron chi connectivity index (χ3n) is 2.87. The molecule has 0 spiro atoms. The standard InChI is InChI=1S/C14H22N2O2/c1-6-15-9-13(17)16(4)14-11(3)7-10(2)8-12(14)18-5/h7-8,15H,6,9H2,1-5H3. The molecule has 4 nitrogen and oxygen atoms in total. The molecule has 0 aliphatic heterocycles. The van der Waals surface area contributed by atoms with Crippen molar-refractivity contribution in [2.24, 2.45) is 0 Å². The molecule has 1 aromatic rings. The molecule has 1 aromatic carbocycles. The van der Waals surface area contributed by atoms with Crippen molar-refractivity contribution in [3.05, 3.63) is 23.3 Å². The molecule has 0 unspecified atom stereocenters. The van der Waals surface area contributed by atoms with Crippen molar-refractivity contribution in [2.45, 2.75) is 20.8 Å². The smallest absolute Gasteiger partial charge is 0.240 e. The number of carbonyl (C=O) groups excluding carboxylic acids is 1. The number of nitrogens with one attached hydrogen (secondary N) is 1. The minimum Gasteiger partial charge on any atom is -0.495 e. The largest absolute Gasteiger partial charge is 0.495 e. The Bertz CT molecular complexity index is 430. The summed E-state index contributed by atoms with van der Waals surface area (Å²) in [7, 11) is 3.40. The molecule has 0 aliphatic carbocycles. The lowest BCUT2D eigenvalue weighted by Gasteiger charge is -2.22. The summed E-state index contributed by atoms with van der Waals surface area (Å²) in [6.45, 7) is 7.10. The summed E-state index contributed by atoms with van der Waals surface area (Å²) < 4.78 is 5.37. The first-order valence-corrected chi connectivity index (χ1v) is 6.13. The summed E-state index contributed by atoms with van der Waals surface area (Å²) in [6.07, 6.45) is 0. The zero-order valence-corrected chi connectivity index (χ0v) is 11.8. The van der Waals surface area contributed by atoms with Gasteiger partial charge >= 0.3 is 0 Å². The van der Waals surface area contributed by atoms with Crippen molar-refractivity contribution in [3.63, 3.8) is 0 Å². The number of hydrogen-bond acceptors (Lipinski definition) is 3. The number of likely N-dealkylation sites (N-methyl/N-ethyl adjacent to an activating group) is 2. The van der Waals surface area contributed by atoms with Crippen LogP contribution in [0.2, 0.25) is 0 Å². The second-order valence-electron chi connectivity index (χ2n) is 4.37. The highest BCUT2D eigenvalue weighted by Gasteiger charge is 2.17. The van der Waals surface area contributed by atoms with E-state index in [1.807, 2.05) is 26.8 Å². The molecule has 1 rings (SSSR count). The second-order valence-corrected chi connectivity index (χ2v) is 4.37. The van der Waals surface area contributed by atoms with E-state index >= 15 is 0 Å². The van der Waals surface area contributed by atoms with Crippen molar-refractivity contribution < 1.29 is 9.53 Å². The maximum atomic E-state index is 12.0. The average Bonchev–Trinajstić information content (AvgIpc) is 2.34. The van der Waals surface area contributed by atoms with Crippen molar-refractivity contribution in [1.82, 2.24) is 5.32 Å². The maximum absolute atomic E-state index is 12.0. The fraction of sp³-hybridized carbons (Fsp3) is 0.500. The Labute approximate surface area is 109 Å². The monoisotopic (exact) mass is 250 g/mol. The number of carbonyl (C=O) groups is 1. The van der Waals surface area contributed by atoms with Gasteiger partial charge < -0.3 is 15.0 Å². The number of methoxy groups -OCH3 is 1. The predicted molar refractivity (Wildman–Crippen MR) is 74.4 cm³/mol. The van der Waals surface area contributed by atoms with Gasteiger partial charge in [-0.1, -0.05) is 13.0 Å². The van der Waals surface area contributed by atoms with Crippen LogP contribution in [0.15, 0.2) is 12.1 Å². The van der Waals surface area contributed by atoms with Crippen LogP contribution in [0.3, 0.4) is 0 Å². The minimum atomic E-state index is 0.0297. The lowest BCUT2D eigenvalue weighted by Crippen LogP contribution is -2.36. The number of amides is 1. The number of anilines is 1. The average molecular weight is 250 g/mol. The number of hydrogen-bond donors (Lipinski definition) is 1. The molecule has 0 radical (unpaired) electrons. The van der Waals surface area contributed by atoms with Crippen LogP contribution >= 0.6 is 0 Å². The van der Waals surface area contributed by atoms with Gasteiger partial charge in [0, 0.05) is 7.05 Å². The van der Waals surface area contributed by atoms with E-state index in [1.54, 1.807) is 19.1 Å². The zero-order chi connectivity index (χ0) is 13.7. The summed E-state index contributed by atoms with van der Waals surface area (Å²) >= 11 is 0. The van der Waals surface area contributed by atoms with E-state index in [9.17, 15) is 4.79 Å². The number of benzene rings is 1. The molecule has 100 valence electrons. The number of aryl methyl sites for hydroxylation is 2. The molecular formula is C14H22N2O2. The van der Waals surface area contributed by atoms with E-state index in [4.69, 9.17) is 4.74 Å². The zero-order valence-electron chi connectivity index (χ0n) is 11.8. The summed E-state index contributed by atoms with van der Waals surface area (Å²) in [5.41, 5.74) is 3.01. The van der Waals surface area contributed by atoms with Gasteiger partial charge in [-0.25, -0.2) is 0 Å². The summed E-state index contributed by atoms with van der Waals surface area (Å²) in [6, 6.07) is 3.99. The lowest BCUT2D eigenvalue weighted by molar-refractivity contribution is -0.117. The van der Waals surface area contributed by atoms with Gasteiger partial charge in [0.05, 0.1) is 19.3 Å². The first kappa shape index (κ1) is 14.5. The summed E-state index contributed by atoms with van der Waals surface area (Å²) in [5, 5.41) is 3.03. The molecule has 0 saturated carbocycles. The van der Waals surface area contributed by atoms with Gasteiger partial charge in [0.2, 0.25) is 5.91 Å². The van der Waals surface area contributed by atoms with Crippen LogP contribution in [0.1, 0.15) is 18.1 Å². The van der Waals surface area contributed by atoms with Crippen molar-refractivity contribution in [2.75, 3.05) is 32.1 Å². The first-order chi connectivity index (χ1) is 8.51. The van der Waals surface area contributed by atoms with E-state index in [0.29, 0.717) is 6.54 Å². The Balaban J connectivity index is 3.04. The number of nitrogens with zero attached hydrogens (tertiary/aromatic N) is 1. The topological polar surface area (TPSA) is 41.6 Å². The Morgan fingerprint density at radius 3 is 2.61 bits per heavy atom. The third-order valence-corrected chi connectivity index (χ3v) is 2.87. The number of ether oxygens (including phenoxy) is 1. The van der Waals surface area contributed by atoms with Gasteiger partial charge in [0.15, 0.2) is 0 Å². The molecule has 0 bridgehead atoms. The SMILES string of the molecule is CCNCC(=O)N(C)c1c(C)cc(C)cc1OC. The summed E-state index contributed by atoms with van der Waals surface area (Å²) in [4.78, 5) is 13.7. The summed E-state index contributed by atoms with van der Waals surface area (Å²) in [5.74, 6) is 0.766. The van der Waals surface area contributed by atoms with Crippen LogP contribution < -0.4 is 15.0 Å². The fourth-order valence-electron chi connectivity index (χ4n) is 1.98. The van der Waals surface area contributed by atoms with E-state index in [2.05, 4.69) is 11.4 Å². The Hall–Kier alpha value is -1.55. The Kier molecular flexibility index (Phi) is 5.16. The molecule has 0 fully saturated rings. The second kappa shape index (κ2) is 6.40. The predicted octanol–water partition coefficient (Wildman–Crippen LogP) is 1.88. The van der Waals surface area contributed by atoms with E-state index in [0.717, 1.165) is 29.1 Å².